The molecule has 0 aromatic rings. The first-order valence-corrected chi connectivity index (χ1v) is 11.4. The van der Waals surface area contributed by atoms with E-state index in [9.17, 15) is 19.5 Å². The smallest absolute Gasteiger partial charge is 0.305 e. The molecule has 1 aliphatic heterocycles. The summed E-state index contributed by atoms with van der Waals surface area (Å²) in [5.74, 6) is -2.39. The van der Waals surface area contributed by atoms with Crippen LogP contribution in [0.5, 0.6) is 0 Å². The second kappa shape index (κ2) is 12.0. The SMILES string of the molecule is C=C1C[C@@H](O)/C=C(\C)CCC2C(C(OC(C)=O)C(C=C(C)C)OC(C)=O)=COC(OC(C)=O)C12. The van der Waals surface area contributed by atoms with Crippen LogP contribution in [0.4, 0.5) is 0 Å². The first kappa shape index (κ1) is 27.4. The molecular formula is C26H36O8. The summed E-state index contributed by atoms with van der Waals surface area (Å²) in [7, 11) is 0. The van der Waals surface area contributed by atoms with E-state index in [0.717, 1.165) is 11.1 Å². The van der Waals surface area contributed by atoms with Gasteiger partial charge in [0.25, 0.3) is 0 Å². The van der Waals surface area contributed by atoms with Gasteiger partial charge in [0.05, 0.1) is 18.3 Å². The molecule has 188 valence electrons. The van der Waals surface area contributed by atoms with Crippen LogP contribution in [0.3, 0.4) is 0 Å². The number of carbonyl (C=O) groups is 3. The predicted molar refractivity (Wildman–Crippen MR) is 125 cm³/mol. The first-order valence-electron chi connectivity index (χ1n) is 11.4. The van der Waals surface area contributed by atoms with Crippen LogP contribution in [0, 0.1) is 11.8 Å². The van der Waals surface area contributed by atoms with Crippen LogP contribution in [0.1, 0.15) is 60.8 Å². The van der Waals surface area contributed by atoms with Crippen LogP contribution in [-0.4, -0.2) is 47.6 Å². The molecule has 0 saturated heterocycles. The maximum atomic E-state index is 12.1. The Morgan fingerprint density at radius 2 is 1.76 bits per heavy atom. The Balaban J connectivity index is 2.62. The Morgan fingerprint density at radius 3 is 2.32 bits per heavy atom. The summed E-state index contributed by atoms with van der Waals surface area (Å²) in [6.07, 6.45) is 2.93. The predicted octanol–water partition coefficient (Wildman–Crippen LogP) is 3.90. The average molecular weight is 477 g/mol. The van der Waals surface area contributed by atoms with Crippen LogP contribution < -0.4 is 0 Å². The highest BCUT2D eigenvalue weighted by Crippen LogP contribution is 2.44. The maximum Gasteiger partial charge on any atom is 0.305 e. The van der Waals surface area contributed by atoms with E-state index in [0.29, 0.717) is 24.0 Å². The quantitative estimate of drug-likeness (QED) is 0.349. The lowest BCUT2D eigenvalue weighted by Gasteiger charge is -2.41. The van der Waals surface area contributed by atoms with Gasteiger partial charge in [0.2, 0.25) is 6.29 Å². The molecular weight excluding hydrogens is 440 g/mol. The maximum absolute atomic E-state index is 12.1. The zero-order valence-corrected chi connectivity index (χ0v) is 20.8. The number of fused-ring (bicyclic) bond motifs is 1. The minimum atomic E-state index is -0.954. The molecule has 1 N–H and O–H groups in total. The highest BCUT2D eigenvalue weighted by atomic mass is 16.7. The molecule has 0 amide bonds. The zero-order chi connectivity index (χ0) is 25.6. The lowest BCUT2D eigenvalue weighted by atomic mass is 9.74. The summed E-state index contributed by atoms with van der Waals surface area (Å²) in [5, 5.41) is 10.5. The van der Waals surface area contributed by atoms with E-state index in [-0.39, 0.29) is 12.3 Å². The van der Waals surface area contributed by atoms with Gasteiger partial charge in [-0.15, -0.1) is 0 Å². The van der Waals surface area contributed by atoms with Crippen molar-refractivity contribution in [3.05, 3.63) is 47.3 Å². The summed E-state index contributed by atoms with van der Waals surface area (Å²) in [5.41, 5.74) is 3.11. The Kier molecular flexibility index (Phi) is 9.67. The Morgan fingerprint density at radius 1 is 1.12 bits per heavy atom. The van der Waals surface area contributed by atoms with Gasteiger partial charge < -0.3 is 24.1 Å². The van der Waals surface area contributed by atoms with Crippen molar-refractivity contribution in [2.24, 2.45) is 11.8 Å². The van der Waals surface area contributed by atoms with E-state index in [4.69, 9.17) is 18.9 Å². The largest absolute Gasteiger partial charge is 0.462 e. The summed E-state index contributed by atoms with van der Waals surface area (Å²) in [4.78, 5) is 35.8. The van der Waals surface area contributed by atoms with E-state index < -0.39 is 48.4 Å². The third-order valence-corrected chi connectivity index (χ3v) is 5.76. The third-order valence-electron chi connectivity index (χ3n) is 5.76. The van der Waals surface area contributed by atoms with Crippen molar-refractivity contribution < 1.29 is 38.4 Å². The highest BCUT2D eigenvalue weighted by molar-refractivity contribution is 5.68. The molecule has 0 saturated carbocycles. The molecule has 0 spiro atoms. The fourth-order valence-corrected chi connectivity index (χ4v) is 4.55. The van der Waals surface area contributed by atoms with Gasteiger partial charge in [-0.1, -0.05) is 29.4 Å². The van der Waals surface area contributed by atoms with E-state index >= 15 is 0 Å². The van der Waals surface area contributed by atoms with Crippen molar-refractivity contribution in [3.8, 4) is 0 Å². The van der Waals surface area contributed by atoms with Crippen molar-refractivity contribution in [3.63, 3.8) is 0 Å². The summed E-state index contributed by atoms with van der Waals surface area (Å²) in [6, 6.07) is 0. The van der Waals surface area contributed by atoms with Crippen LogP contribution in [0.15, 0.2) is 47.3 Å². The molecule has 2 aliphatic rings. The Labute approximate surface area is 201 Å². The van der Waals surface area contributed by atoms with Crippen LogP contribution in [-0.2, 0) is 33.3 Å². The van der Waals surface area contributed by atoms with Crippen molar-refractivity contribution in [1.29, 1.82) is 0 Å². The molecule has 2 rings (SSSR count). The third kappa shape index (κ3) is 7.58. The molecule has 0 aromatic heterocycles. The van der Waals surface area contributed by atoms with E-state index in [1.54, 1.807) is 12.2 Å². The minimum absolute atomic E-state index is 0.256. The number of ether oxygens (including phenoxy) is 4. The van der Waals surface area contributed by atoms with Crippen molar-refractivity contribution in [2.75, 3.05) is 0 Å². The van der Waals surface area contributed by atoms with Crippen LogP contribution in [0.2, 0.25) is 0 Å². The van der Waals surface area contributed by atoms with Gasteiger partial charge in [0.15, 0.2) is 12.2 Å². The number of allylic oxidation sites excluding steroid dienone is 2. The lowest BCUT2D eigenvalue weighted by molar-refractivity contribution is -0.182. The summed E-state index contributed by atoms with van der Waals surface area (Å²) in [6.45, 7) is 13.7. The molecule has 0 aromatic carbocycles. The zero-order valence-electron chi connectivity index (χ0n) is 20.8. The van der Waals surface area contributed by atoms with E-state index in [2.05, 4.69) is 6.58 Å². The summed E-state index contributed by atoms with van der Waals surface area (Å²) < 4.78 is 22.5. The Bertz CT molecular complexity index is 892. The Hall–Kier alpha value is -2.87. The number of aliphatic hydroxyl groups is 1. The van der Waals surface area contributed by atoms with Gasteiger partial charge in [-0.05, 0) is 46.1 Å². The molecule has 1 aliphatic carbocycles. The number of hydrogen-bond acceptors (Lipinski definition) is 8. The molecule has 0 fully saturated rings. The van der Waals surface area contributed by atoms with Gasteiger partial charge >= 0.3 is 17.9 Å². The topological polar surface area (TPSA) is 108 Å². The van der Waals surface area contributed by atoms with Gasteiger partial charge in [-0.25, -0.2) is 0 Å². The molecule has 0 bridgehead atoms. The monoisotopic (exact) mass is 476 g/mol. The molecule has 34 heavy (non-hydrogen) atoms. The van der Waals surface area contributed by atoms with Gasteiger partial charge in [0, 0.05) is 32.3 Å². The van der Waals surface area contributed by atoms with Gasteiger partial charge in [-0.3, -0.25) is 14.4 Å². The standard InChI is InChI=1S/C26H36O8/c1-14(2)10-23(32-17(5)27)25(33-18(6)28)22-13-31-26(34-19(7)29)24-16(4)12-20(30)11-15(3)8-9-21(22)24/h10-11,13,20-21,23-26,30H,4,8-9,12H2,1-3,5-7H3/b15-11+/t20-,21?,23?,24?,25?,26?/m0/s1. The second-order valence-electron chi connectivity index (χ2n) is 9.19. The average Bonchev–Trinajstić information content (AvgIpc) is 2.73. The molecule has 8 heteroatoms. The lowest BCUT2D eigenvalue weighted by Crippen LogP contribution is -2.45. The van der Waals surface area contributed by atoms with Crippen LogP contribution >= 0.6 is 0 Å². The number of aliphatic hydroxyl groups excluding tert-OH is 1. The number of rotatable bonds is 6. The summed E-state index contributed by atoms with van der Waals surface area (Å²) >= 11 is 0. The number of carbonyl (C=O) groups excluding carboxylic acids is 3. The highest BCUT2D eigenvalue weighted by Gasteiger charge is 2.45. The fourth-order valence-electron chi connectivity index (χ4n) is 4.55. The number of hydrogen-bond donors (Lipinski definition) is 1. The first-order chi connectivity index (χ1) is 15.9. The van der Waals surface area contributed by atoms with Crippen molar-refractivity contribution in [1.82, 2.24) is 0 Å². The molecule has 1 heterocycles. The van der Waals surface area contributed by atoms with Gasteiger partial charge in [0.1, 0.15) is 0 Å². The normalized spacial score (nSPS) is 28.0. The van der Waals surface area contributed by atoms with Crippen molar-refractivity contribution >= 4 is 17.9 Å². The van der Waals surface area contributed by atoms with Crippen molar-refractivity contribution in [2.45, 2.75) is 85.4 Å². The molecule has 8 nitrogen and oxygen atoms in total. The number of esters is 3. The van der Waals surface area contributed by atoms with E-state index in [1.165, 1.54) is 27.0 Å². The van der Waals surface area contributed by atoms with Crippen LogP contribution in [0.25, 0.3) is 0 Å². The molecule has 5 unspecified atom stereocenters. The fraction of sp³-hybridized carbons (Fsp3) is 0.577. The van der Waals surface area contributed by atoms with E-state index in [1.807, 2.05) is 20.8 Å². The minimum Gasteiger partial charge on any atom is -0.462 e. The second-order valence-corrected chi connectivity index (χ2v) is 9.19. The molecule has 6 atom stereocenters. The molecule has 0 radical (unpaired) electrons. The van der Waals surface area contributed by atoms with Gasteiger partial charge in [-0.2, -0.15) is 0 Å².